The standard InChI is InChI=1S/C10H6O4/c1-5-2-6-3-7(11)8(12)4-9(6)14-10(5)13/h3-4H,1-2H2. The van der Waals surface area contributed by atoms with Gasteiger partial charge in [0.05, 0.1) is 0 Å². The molecule has 2 aliphatic rings. The molecule has 4 heteroatoms. The van der Waals surface area contributed by atoms with E-state index in [1.807, 2.05) is 0 Å². The first-order valence-electron chi connectivity index (χ1n) is 3.99. The number of esters is 1. The van der Waals surface area contributed by atoms with Gasteiger partial charge in [-0.3, -0.25) is 9.59 Å². The Hall–Kier alpha value is -1.97. The van der Waals surface area contributed by atoms with Crippen LogP contribution in [0.15, 0.2) is 35.6 Å². The molecule has 0 unspecified atom stereocenters. The Morgan fingerprint density at radius 1 is 1.14 bits per heavy atom. The summed E-state index contributed by atoms with van der Waals surface area (Å²) in [6, 6.07) is 0. The molecule has 1 saturated heterocycles. The van der Waals surface area contributed by atoms with Gasteiger partial charge in [0.25, 0.3) is 0 Å². The summed E-state index contributed by atoms with van der Waals surface area (Å²) in [6.07, 6.45) is 2.50. The van der Waals surface area contributed by atoms with Crippen molar-refractivity contribution in [1.82, 2.24) is 0 Å². The van der Waals surface area contributed by atoms with Crippen molar-refractivity contribution < 1.29 is 19.1 Å². The van der Waals surface area contributed by atoms with Crippen LogP contribution in [0.3, 0.4) is 0 Å². The van der Waals surface area contributed by atoms with Gasteiger partial charge in [-0.15, -0.1) is 0 Å². The van der Waals surface area contributed by atoms with Gasteiger partial charge in [-0.1, -0.05) is 6.58 Å². The topological polar surface area (TPSA) is 60.4 Å². The van der Waals surface area contributed by atoms with Crippen molar-refractivity contribution >= 4 is 17.5 Å². The first-order chi connectivity index (χ1) is 6.58. The smallest absolute Gasteiger partial charge is 0.339 e. The summed E-state index contributed by atoms with van der Waals surface area (Å²) in [5, 5.41) is 0. The first kappa shape index (κ1) is 8.62. The van der Waals surface area contributed by atoms with Crippen LogP contribution >= 0.6 is 0 Å². The third-order valence-corrected chi connectivity index (χ3v) is 2.02. The molecule has 0 N–H and O–H groups in total. The van der Waals surface area contributed by atoms with Gasteiger partial charge in [-0.05, 0) is 6.08 Å². The molecule has 0 aromatic rings. The van der Waals surface area contributed by atoms with Crippen LogP contribution in [0.4, 0.5) is 0 Å². The summed E-state index contributed by atoms with van der Waals surface area (Å²) in [5.41, 5.74) is 0.828. The van der Waals surface area contributed by atoms with Gasteiger partial charge >= 0.3 is 5.97 Å². The van der Waals surface area contributed by atoms with Crippen LogP contribution in [-0.4, -0.2) is 17.5 Å². The number of hydrogen-bond donors (Lipinski definition) is 0. The largest absolute Gasteiger partial charge is 0.423 e. The maximum absolute atomic E-state index is 11.1. The van der Waals surface area contributed by atoms with E-state index in [4.69, 9.17) is 4.74 Å². The highest BCUT2D eigenvalue weighted by Gasteiger charge is 2.29. The molecule has 0 bridgehead atoms. The molecule has 0 radical (unpaired) electrons. The summed E-state index contributed by atoms with van der Waals surface area (Å²) in [4.78, 5) is 33.0. The highest BCUT2D eigenvalue weighted by atomic mass is 16.5. The Morgan fingerprint density at radius 3 is 2.50 bits per heavy atom. The number of hydrogen-bond acceptors (Lipinski definition) is 4. The van der Waals surface area contributed by atoms with E-state index in [9.17, 15) is 14.4 Å². The van der Waals surface area contributed by atoms with Crippen LogP contribution < -0.4 is 0 Å². The molecule has 70 valence electrons. The Bertz CT molecular complexity index is 395. The average Bonchev–Trinajstić information content (AvgIpc) is 2.11. The van der Waals surface area contributed by atoms with E-state index in [1.165, 1.54) is 6.08 Å². The molecular formula is C10H6O4. The molecule has 2 rings (SSSR count). The predicted octanol–water partition coefficient (Wildman–Crippen LogP) is 0.452. The molecular weight excluding hydrogens is 184 g/mol. The lowest BCUT2D eigenvalue weighted by Gasteiger charge is -2.20. The van der Waals surface area contributed by atoms with Crippen molar-refractivity contribution in [2.24, 2.45) is 0 Å². The van der Waals surface area contributed by atoms with E-state index in [2.05, 4.69) is 6.58 Å². The van der Waals surface area contributed by atoms with Crippen LogP contribution in [0.25, 0.3) is 0 Å². The van der Waals surface area contributed by atoms with Gasteiger partial charge in [0.1, 0.15) is 5.76 Å². The van der Waals surface area contributed by atoms with Crippen molar-refractivity contribution in [3.8, 4) is 0 Å². The molecule has 1 fully saturated rings. The maximum Gasteiger partial charge on any atom is 0.339 e. The van der Waals surface area contributed by atoms with Crippen molar-refractivity contribution in [3.05, 3.63) is 35.6 Å². The third kappa shape index (κ3) is 1.21. The summed E-state index contributed by atoms with van der Waals surface area (Å²) >= 11 is 0. The van der Waals surface area contributed by atoms with Crippen molar-refractivity contribution in [2.75, 3.05) is 0 Å². The molecule has 14 heavy (non-hydrogen) atoms. The van der Waals surface area contributed by atoms with E-state index in [0.717, 1.165) is 6.08 Å². The fourth-order valence-electron chi connectivity index (χ4n) is 1.29. The lowest BCUT2D eigenvalue weighted by Crippen LogP contribution is -2.23. The second kappa shape index (κ2) is 2.77. The number of allylic oxidation sites excluding steroid dienone is 3. The van der Waals surface area contributed by atoms with Gasteiger partial charge < -0.3 is 4.74 Å². The normalized spacial score (nSPS) is 21.1. The number of fused-ring (bicyclic) bond motifs is 1. The zero-order valence-corrected chi connectivity index (χ0v) is 7.20. The zero-order valence-electron chi connectivity index (χ0n) is 7.20. The number of ketones is 2. The Morgan fingerprint density at radius 2 is 1.79 bits per heavy atom. The monoisotopic (exact) mass is 190 g/mol. The van der Waals surface area contributed by atoms with Crippen LogP contribution in [0.1, 0.15) is 6.42 Å². The summed E-state index contributed by atoms with van der Waals surface area (Å²) in [6.45, 7) is 3.49. The number of rotatable bonds is 0. The summed E-state index contributed by atoms with van der Waals surface area (Å²) < 4.78 is 4.80. The number of carbonyl (C=O) groups excluding carboxylic acids is 3. The molecule has 0 aromatic carbocycles. The summed E-state index contributed by atoms with van der Waals surface area (Å²) in [5.74, 6) is -1.62. The minimum Gasteiger partial charge on any atom is -0.423 e. The van der Waals surface area contributed by atoms with Crippen molar-refractivity contribution in [1.29, 1.82) is 0 Å². The van der Waals surface area contributed by atoms with Crippen molar-refractivity contribution in [2.45, 2.75) is 6.42 Å². The summed E-state index contributed by atoms with van der Waals surface area (Å²) in [7, 11) is 0. The lowest BCUT2D eigenvalue weighted by molar-refractivity contribution is -0.136. The minimum absolute atomic E-state index is 0.173. The van der Waals surface area contributed by atoms with Gasteiger partial charge in [0, 0.05) is 23.6 Å². The average molecular weight is 190 g/mol. The number of ether oxygens (including phenoxy) is 1. The quantitative estimate of drug-likeness (QED) is 0.241. The molecule has 0 spiro atoms. The molecule has 1 aliphatic carbocycles. The molecule has 0 amide bonds. The zero-order chi connectivity index (χ0) is 10.3. The Balaban J connectivity index is 2.41. The van der Waals surface area contributed by atoms with Gasteiger partial charge in [-0.25, -0.2) is 4.79 Å². The number of carbonyl (C=O) groups is 3. The molecule has 1 heterocycles. The van der Waals surface area contributed by atoms with Gasteiger partial charge in [0.2, 0.25) is 11.6 Å². The van der Waals surface area contributed by atoms with E-state index in [-0.39, 0.29) is 17.8 Å². The van der Waals surface area contributed by atoms with Crippen LogP contribution in [0, 0.1) is 0 Å². The highest BCUT2D eigenvalue weighted by molar-refractivity contribution is 6.46. The minimum atomic E-state index is -0.663. The van der Waals surface area contributed by atoms with Crippen LogP contribution in [0.5, 0.6) is 0 Å². The molecule has 0 saturated carbocycles. The molecule has 1 aliphatic heterocycles. The van der Waals surface area contributed by atoms with E-state index in [1.54, 1.807) is 0 Å². The molecule has 4 nitrogen and oxygen atoms in total. The van der Waals surface area contributed by atoms with Crippen LogP contribution in [0.2, 0.25) is 0 Å². The van der Waals surface area contributed by atoms with E-state index in [0.29, 0.717) is 5.57 Å². The van der Waals surface area contributed by atoms with Gasteiger partial charge in [0.15, 0.2) is 0 Å². The predicted molar refractivity (Wildman–Crippen MR) is 46.0 cm³/mol. The van der Waals surface area contributed by atoms with Gasteiger partial charge in [-0.2, -0.15) is 0 Å². The molecule has 0 aromatic heterocycles. The highest BCUT2D eigenvalue weighted by Crippen LogP contribution is 2.29. The van der Waals surface area contributed by atoms with Crippen molar-refractivity contribution in [3.63, 3.8) is 0 Å². The second-order valence-corrected chi connectivity index (χ2v) is 3.08. The Labute approximate surface area is 79.5 Å². The van der Waals surface area contributed by atoms with Crippen LogP contribution in [-0.2, 0) is 19.1 Å². The SMILES string of the molecule is C=C1CC2=CC(=O)C(=O)C=C2OC1=O. The van der Waals surface area contributed by atoms with E-state index >= 15 is 0 Å². The lowest BCUT2D eigenvalue weighted by atomic mass is 9.95. The fraction of sp³-hybridized carbons (Fsp3) is 0.100. The Kier molecular flexibility index (Phi) is 1.70. The maximum atomic E-state index is 11.1. The fourth-order valence-corrected chi connectivity index (χ4v) is 1.29. The second-order valence-electron chi connectivity index (χ2n) is 3.08. The van der Waals surface area contributed by atoms with E-state index < -0.39 is 17.5 Å². The molecule has 0 atom stereocenters. The third-order valence-electron chi connectivity index (χ3n) is 2.02. The first-order valence-corrected chi connectivity index (χ1v) is 3.99.